The van der Waals surface area contributed by atoms with Crippen LogP contribution >= 0.6 is 23.1 Å². The quantitative estimate of drug-likeness (QED) is 0.584. The molecule has 0 spiro atoms. The van der Waals surface area contributed by atoms with Gasteiger partial charge in [-0.2, -0.15) is 0 Å². The summed E-state index contributed by atoms with van der Waals surface area (Å²) in [4.78, 5) is 22.9. The first-order valence-corrected chi connectivity index (χ1v) is 10.5. The van der Waals surface area contributed by atoms with Crippen LogP contribution in [0.1, 0.15) is 15.9 Å². The molecule has 6 heteroatoms. The van der Waals surface area contributed by atoms with Crippen molar-refractivity contribution in [3.63, 3.8) is 0 Å². The van der Waals surface area contributed by atoms with Gasteiger partial charge in [0, 0.05) is 23.5 Å². The molecule has 1 amide bonds. The van der Waals surface area contributed by atoms with Gasteiger partial charge in [0.1, 0.15) is 0 Å². The molecule has 0 aliphatic rings. The van der Waals surface area contributed by atoms with Gasteiger partial charge in [0.05, 0.1) is 10.2 Å². The Morgan fingerprint density at radius 3 is 2.69 bits per heavy atom. The van der Waals surface area contributed by atoms with E-state index in [1.165, 1.54) is 5.56 Å². The van der Waals surface area contributed by atoms with Crippen LogP contribution in [0.5, 0.6) is 0 Å². The first kappa shape index (κ1) is 18.9. The van der Waals surface area contributed by atoms with E-state index in [0.29, 0.717) is 12.1 Å². The molecule has 0 N–H and O–H groups in total. The third kappa shape index (κ3) is 4.26. The number of rotatable bonds is 6. The van der Waals surface area contributed by atoms with Crippen molar-refractivity contribution in [2.24, 2.45) is 0 Å². The maximum absolute atomic E-state index is 13.2. The van der Waals surface area contributed by atoms with Gasteiger partial charge >= 0.3 is 0 Å². The molecule has 136 valence electrons. The molecule has 0 aliphatic heterocycles. The Morgan fingerprint density at radius 2 is 1.96 bits per heavy atom. The number of carbonyl (C=O) groups is 1. The van der Waals surface area contributed by atoms with Crippen LogP contribution < -0.4 is 4.90 Å². The topological polar surface area (TPSA) is 36.4 Å². The molecular formula is C20H23N3OS2. The normalized spacial score (nSPS) is 11.3. The Morgan fingerprint density at radius 1 is 1.15 bits per heavy atom. The number of likely N-dealkylation sites (N-methyl/N-ethyl adjacent to an activating group) is 1. The summed E-state index contributed by atoms with van der Waals surface area (Å²) in [5, 5.41) is 0.756. The molecule has 0 atom stereocenters. The second kappa shape index (κ2) is 8.20. The fraction of sp³-hybridized carbons (Fsp3) is 0.300. The lowest BCUT2D eigenvalue weighted by Gasteiger charge is -2.22. The number of aromatic nitrogens is 1. The molecule has 1 aromatic heterocycles. The predicted octanol–water partition coefficient (Wildman–Crippen LogP) is 4.54. The van der Waals surface area contributed by atoms with E-state index in [4.69, 9.17) is 4.98 Å². The number of carbonyl (C=O) groups excluding carboxylic acids is 1. The molecule has 2 aromatic carbocycles. The fourth-order valence-corrected chi connectivity index (χ4v) is 4.18. The van der Waals surface area contributed by atoms with E-state index in [0.717, 1.165) is 26.8 Å². The van der Waals surface area contributed by atoms with Crippen molar-refractivity contribution < 1.29 is 4.79 Å². The largest absolute Gasteiger partial charge is 0.308 e. The van der Waals surface area contributed by atoms with Crippen molar-refractivity contribution in [1.82, 2.24) is 9.88 Å². The van der Waals surface area contributed by atoms with Crippen LogP contribution in [0.3, 0.4) is 0 Å². The van der Waals surface area contributed by atoms with E-state index in [1.807, 2.05) is 50.7 Å². The molecule has 0 unspecified atom stereocenters. The highest BCUT2D eigenvalue weighted by Gasteiger charge is 2.21. The van der Waals surface area contributed by atoms with E-state index in [1.54, 1.807) is 28.0 Å². The minimum atomic E-state index is -0.00136. The molecule has 0 bridgehead atoms. The molecule has 3 aromatic rings. The average molecular weight is 386 g/mol. The fourth-order valence-electron chi connectivity index (χ4n) is 2.63. The lowest BCUT2D eigenvalue weighted by molar-refractivity contribution is 0.0985. The van der Waals surface area contributed by atoms with Gasteiger partial charge in [-0.05, 0) is 63.2 Å². The summed E-state index contributed by atoms with van der Waals surface area (Å²) in [6, 6.07) is 14.0. The maximum atomic E-state index is 13.2. The zero-order valence-corrected chi connectivity index (χ0v) is 17.2. The number of thioether (sulfide) groups is 1. The van der Waals surface area contributed by atoms with Crippen LogP contribution in [-0.4, -0.2) is 49.2 Å². The zero-order chi connectivity index (χ0) is 18.7. The molecule has 0 saturated heterocycles. The van der Waals surface area contributed by atoms with Crippen molar-refractivity contribution in [2.75, 3.05) is 38.3 Å². The summed E-state index contributed by atoms with van der Waals surface area (Å²) in [6.45, 7) is 3.46. The molecule has 0 saturated carbocycles. The van der Waals surface area contributed by atoms with Crippen molar-refractivity contribution in [3.8, 4) is 0 Å². The van der Waals surface area contributed by atoms with E-state index in [9.17, 15) is 4.79 Å². The van der Waals surface area contributed by atoms with Gasteiger partial charge < -0.3 is 4.90 Å². The number of hydrogen-bond donors (Lipinski definition) is 0. The average Bonchev–Trinajstić information content (AvgIpc) is 3.04. The SMILES string of the molecule is CSc1cccc(C(=O)N(CCN(C)C)c2nc3ccc(C)cc3s2)c1. The van der Waals surface area contributed by atoms with E-state index < -0.39 is 0 Å². The summed E-state index contributed by atoms with van der Waals surface area (Å²) >= 11 is 3.21. The van der Waals surface area contributed by atoms with Crippen LogP contribution in [0.4, 0.5) is 5.13 Å². The van der Waals surface area contributed by atoms with Gasteiger partial charge in [0.25, 0.3) is 5.91 Å². The monoisotopic (exact) mass is 385 g/mol. The number of aryl methyl sites for hydroxylation is 1. The summed E-state index contributed by atoms with van der Waals surface area (Å²) in [6.07, 6.45) is 2.02. The molecule has 0 aliphatic carbocycles. The van der Waals surface area contributed by atoms with Gasteiger partial charge in [-0.1, -0.05) is 23.5 Å². The molecule has 26 heavy (non-hydrogen) atoms. The lowest BCUT2D eigenvalue weighted by atomic mass is 10.2. The van der Waals surface area contributed by atoms with Crippen LogP contribution in [0.25, 0.3) is 10.2 Å². The van der Waals surface area contributed by atoms with Crippen LogP contribution in [0.2, 0.25) is 0 Å². The van der Waals surface area contributed by atoms with Crippen molar-refractivity contribution in [1.29, 1.82) is 0 Å². The number of anilines is 1. The zero-order valence-electron chi connectivity index (χ0n) is 15.5. The second-order valence-corrected chi connectivity index (χ2v) is 8.35. The van der Waals surface area contributed by atoms with E-state index in [-0.39, 0.29) is 5.91 Å². The third-order valence-electron chi connectivity index (χ3n) is 4.10. The van der Waals surface area contributed by atoms with Crippen LogP contribution in [0.15, 0.2) is 47.4 Å². The Labute approximate surface area is 162 Å². The van der Waals surface area contributed by atoms with Crippen molar-refractivity contribution >= 4 is 44.4 Å². The number of hydrogen-bond acceptors (Lipinski definition) is 5. The molecule has 0 fully saturated rings. The predicted molar refractivity (Wildman–Crippen MR) is 113 cm³/mol. The maximum Gasteiger partial charge on any atom is 0.260 e. The highest BCUT2D eigenvalue weighted by Crippen LogP contribution is 2.30. The molecule has 0 radical (unpaired) electrons. The van der Waals surface area contributed by atoms with Crippen LogP contribution in [0, 0.1) is 6.92 Å². The molecule has 1 heterocycles. The first-order chi connectivity index (χ1) is 12.5. The van der Waals surface area contributed by atoms with E-state index >= 15 is 0 Å². The smallest absolute Gasteiger partial charge is 0.260 e. The van der Waals surface area contributed by atoms with E-state index in [2.05, 4.69) is 24.0 Å². The Kier molecular flexibility index (Phi) is 5.96. The number of thiazole rings is 1. The van der Waals surface area contributed by atoms with Gasteiger partial charge in [-0.3, -0.25) is 9.69 Å². The minimum Gasteiger partial charge on any atom is -0.308 e. The third-order valence-corrected chi connectivity index (χ3v) is 5.86. The molecule has 4 nitrogen and oxygen atoms in total. The molecular weight excluding hydrogens is 362 g/mol. The van der Waals surface area contributed by atoms with Gasteiger partial charge in [0.2, 0.25) is 0 Å². The highest BCUT2D eigenvalue weighted by molar-refractivity contribution is 7.98. The summed E-state index contributed by atoms with van der Waals surface area (Å²) in [7, 11) is 4.03. The minimum absolute atomic E-state index is 0.00136. The van der Waals surface area contributed by atoms with Gasteiger partial charge in [-0.25, -0.2) is 4.98 Å². The number of fused-ring (bicyclic) bond motifs is 1. The number of amides is 1. The standard InChI is InChI=1S/C20H23N3OS2/c1-14-8-9-17-18(12-14)26-20(21-17)23(11-10-22(2)3)19(24)15-6-5-7-16(13-15)25-4/h5-9,12-13H,10-11H2,1-4H3. The Hall–Kier alpha value is -1.89. The van der Waals surface area contributed by atoms with Crippen molar-refractivity contribution in [2.45, 2.75) is 11.8 Å². The Balaban J connectivity index is 1.98. The van der Waals surface area contributed by atoms with Crippen LogP contribution in [-0.2, 0) is 0 Å². The number of nitrogens with zero attached hydrogens (tertiary/aromatic N) is 3. The van der Waals surface area contributed by atoms with Gasteiger partial charge in [-0.15, -0.1) is 11.8 Å². The summed E-state index contributed by atoms with van der Waals surface area (Å²) < 4.78 is 1.11. The Bertz CT molecular complexity index is 920. The summed E-state index contributed by atoms with van der Waals surface area (Å²) in [5.41, 5.74) is 2.84. The lowest BCUT2D eigenvalue weighted by Crippen LogP contribution is -2.36. The van der Waals surface area contributed by atoms with Gasteiger partial charge in [0.15, 0.2) is 5.13 Å². The highest BCUT2D eigenvalue weighted by atomic mass is 32.2. The number of benzene rings is 2. The van der Waals surface area contributed by atoms with Crippen molar-refractivity contribution in [3.05, 3.63) is 53.6 Å². The molecule has 3 rings (SSSR count). The summed E-state index contributed by atoms with van der Waals surface area (Å²) in [5.74, 6) is -0.00136. The first-order valence-electron chi connectivity index (χ1n) is 8.46. The second-order valence-electron chi connectivity index (χ2n) is 6.46.